The first kappa shape index (κ1) is 104. The highest BCUT2D eigenvalue weighted by Gasteiger charge is 2.58. The monoisotopic (exact) mass is 2100 g/mol. The highest BCUT2D eigenvalue weighted by atomic mass is 32.2. The number of ether oxygens (including phenoxy) is 6. The van der Waals surface area contributed by atoms with E-state index in [0.717, 1.165) is 118 Å². The maximum absolute atomic E-state index is 13.5. The third kappa shape index (κ3) is 23.8. The van der Waals surface area contributed by atoms with Crippen LogP contribution >= 0.6 is 0 Å². The van der Waals surface area contributed by atoms with Crippen molar-refractivity contribution in [3.8, 4) is 34.5 Å². The predicted molar refractivity (Wildman–Crippen MR) is 621 cm³/mol. The lowest BCUT2D eigenvalue weighted by atomic mass is 9.49. The average Bonchev–Trinajstić information content (AvgIpc) is 1.33. The minimum Gasteiger partial charge on any atom is -0.425 e. The zero-order valence-corrected chi connectivity index (χ0v) is 91.3. The van der Waals surface area contributed by atoms with Gasteiger partial charge in [0.25, 0.3) is 0 Å². The fourth-order valence-electron chi connectivity index (χ4n) is 26.3. The SMILES string of the molecule is C=C(C)C(=O)Oc1ccc([S+]2CCCC2)c2ccccc12.C=C(C)C(=O)Oc1ccc([S+]2CCCCC2)c2ccccc12.O=C(Oc1ccc([S+]2CCCC2)c2ccccc12)C12CC3CC(CC(C3)C1)C2.O=C(Oc1ccc([S+]2CCCC2)c2ccccc12)c1ccccc1.O=C(Oc1ccc([S+]2CCCCC2)c2ccccc12)C12CC3CC(CC(C3)C1)C2.O=C(Oc1ccc([S+]2CCCCC2)c2ccccc12)c1ccccc1. The van der Waals surface area contributed by atoms with E-state index in [4.69, 9.17) is 28.4 Å². The second kappa shape index (κ2) is 47.9. The second-order valence-corrected chi connectivity index (χ2v) is 56.8. The van der Waals surface area contributed by atoms with E-state index in [1.165, 1.54) is 266 Å². The molecule has 14 aliphatic rings. The van der Waals surface area contributed by atoms with Crippen LogP contribution in [-0.2, 0) is 84.5 Å². The lowest BCUT2D eigenvalue weighted by molar-refractivity contribution is -0.162. The van der Waals surface area contributed by atoms with E-state index >= 15 is 0 Å². The Morgan fingerprint density at radius 3 is 0.591 bits per heavy atom. The number of hydrogen-bond acceptors (Lipinski definition) is 12. The largest absolute Gasteiger partial charge is 0.425 e. The van der Waals surface area contributed by atoms with Crippen LogP contribution in [-0.4, -0.2) is 105 Å². The molecule has 0 atom stereocenters. The second-order valence-electron chi connectivity index (χ2n) is 43.4. The topological polar surface area (TPSA) is 158 Å². The maximum atomic E-state index is 13.5. The number of rotatable bonds is 18. The van der Waals surface area contributed by atoms with Crippen LogP contribution < -0.4 is 28.4 Å². The molecule has 14 aromatic rings. The molecule has 0 amide bonds. The van der Waals surface area contributed by atoms with E-state index in [1.807, 2.05) is 103 Å². The van der Waals surface area contributed by atoms with Crippen molar-refractivity contribution in [3.63, 3.8) is 0 Å². The lowest BCUT2D eigenvalue weighted by Crippen LogP contribution is -2.51. The molecular weight excluding hydrogens is 1960 g/mol. The van der Waals surface area contributed by atoms with Gasteiger partial charge in [0.2, 0.25) is 0 Å². The smallest absolute Gasteiger partial charge is 0.343 e. The lowest BCUT2D eigenvalue weighted by Gasteiger charge is -2.55. The van der Waals surface area contributed by atoms with Crippen molar-refractivity contribution < 1.29 is 57.2 Å². The van der Waals surface area contributed by atoms with Gasteiger partial charge in [-0.2, -0.15) is 0 Å². The Labute approximate surface area is 896 Å². The van der Waals surface area contributed by atoms with Crippen molar-refractivity contribution >= 4 is 166 Å². The van der Waals surface area contributed by atoms with Crippen molar-refractivity contribution in [1.29, 1.82) is 0 Å². The van der Waals surface area contributed by atoms with Crippen molar-refractivity contribution in [2.45, 2.75) is 217 Å². The van der Waals surface area contributed by atoms with Gasteiger partial charge in [-0.25, -0.2) is 19.2 Å². The number of benzene rings is 14. The van der Waals surface area contributed by atoms with Gasteiger partial charge in [0.05, 0.1) is 22.0 Å². The molecule has 28 rings (SSSR count). The van der Waals surface area contributed by atoms with Crippen molar-refractivity contribution in [1.82, 2.24) is 0 Å². The predicted octanol–water partition coefficient (Wildman–Crippen LogP) is 30.5. The Morgan fingerprint density at radius 1 is 0.215 bits per heavy atom. The summed E-state index contributed by atoms with van der Waals surface area (Å²) in [5.74, 6) is 23.0. The van der Waals surface area contributed by atoms with Crippen LogP contribution in [0.15, 0.2) is 333 Å². The van der Waals surface area contributed by atoms with Gasteiger partial charge in [-0.1, -0.05) is 159 Å². The van der Waals surface area contributed by atoms with E-state index < -0.39 is 0 Å². The van der Waals surface area contributed by atoms with Crippen LogP contribution in [0.3, 0.4) is 0 Å². The quantitative estimate of drug-likeness (QED) is 0.0347. The zero-order valence-electron chi connectivity index (χ0n) is 86.4. The summed E-state index contributed by atoms with van der Waals surface area (Å²) in [6.45, 7) is 10.6. The van der Waals surface area contributed by atoms with E-state index in [-0.39, 0.29) is 46.6 Å². The normalized spacial score (nSPS) is 22.4. The minimum absolute atomic E-state index is 0.0628. The number of hydrogen-bond donors (Lipinski definition) is 0. The summed E-state index contributed by atoms with van der Waals surface area (Å²) < 4.78 is 34.8. The standard InChI is InChI=1S/C26H31O2S.C25H29O2S.C22H21O2S.C21H19O2S.C19H21O2S.C18H19O2S/c27-25(26-15-18-12-19(16-26)14-20(13-18)17-26)28-23-8-9-24(29-10-4-1-5-11-29)22-7-3-2-6-21(22)23;26-24(25-14-17-11-18(15-25)13-19(12-17)16-25)27-22-7-8-23(28-9-3-4-10-28)21-6-2-1-5-20(21)22;23-22(17-9-3-1-4-10-17)24-20-13-14-21(25-15-7-2-8-16-25)19-12-6-5-11-18(19)20;22-21(16-8-2-1-3-9-16)23-19-12-13-20(24-14-6-7-15-24)18-11-5-4-10-17(18)19;1-14(2)19(20)21-17-10-11-18(22-12-6-3-7-13-22)16-9-5-4-8-15(16)17;1-13(2)18(19)20-16-9-10-17(21-11-5-6-12-21)15-8-4-3-7-14(15)16/h2-3,6-9,18-20H,1,4-5,10-17H2;1-2,5-8,17-19H,3-4,9-16H2;1,3-6,9-14H,2,7-8,15-16H2;1-5,8-13H,6-7,14-15H2;4-5,8-11H,1,3,6-7,12-13H2,2H3;3-4,7-10H,1,5-6,11-12H2,2H3/q6*+1. The van der Waals surface area contributed by atoms with E-state index in [2.05, 4.69) is 165 Å². The first-order valence-electron chi connectivity index (χ1n) is 54.8. The Hall–Kier alpha value is -11.0. The fourth-order valence-corrected chi connectivity index (χ4v) is 41.3. The summed E-state index contributed by atoms with van der Waals surface area (Å²) in [5.41, 5.74) is 1.60. The molecule has 0 spiro atoms. The zero-order chi connectivity index (χ0) is 102. The Morgan fingerprint density at radius 2 is 0.389 bits per heavy atom. The summed E-state index contributed by atoms with van der Waals surface area (Å²) in [5, 5.41) is 13.8. The summed E-state index contributed by atoms with van der Waals surface area (Å²) >= 11 is 0. The number of carbonyl (C=O) groups is 6. The molecule has 149 heavy (non-hydrogen) atoms. The summed E-state index contributed by atoms with van der Waals surface area (Å²) in [6.07, 6.45) is 34.6. The van der Waals surface area contributed by atoms with Crippen LogP contribution in [0.4, 0.5) is 0 Å². The van der Waals surface area contributed by atoms with Crippen LogP contribution in [0.2, 0.25) is 0 Å². The van der Waals surface area contributed by atoms with Gasteiger partial charge < -0.3 is 28.4 Å². The van der Waals surface area contributed by atoms with Crippen LogP contribution in [0.5, 0.6) is 34.5 Å². The maximum Gasteiger partial charge on any atom is 0.343 e. The molecule has 0 aromatic heterocycles. The first-order valence-corrected chi connectivity index (χ1v) is 64.2. The van der Waals surface area contributed by atoms with Gasteiger partial charge in [0.15, 0.2) is 29.4 Å². The Balaban J connectivity index is 0.000000105. The van der Waals surface area contributed by atoms with Gasteiger partial charge in [-0.05, 0) is 356 Å². The third-order valence-electron chi connectivity index (χ3n) is 32.7. The highest BCUT2D eigenvalue weighted by Crippen LogP contribution is 2.63. The summed E-state index contributed by atoms with van der Waals surface area (Å²) in [4.78, 5) is 83.9. The molecular formula is C131H140O12S6+6. The highest BCUT2D eigenvalue weighted by molar-refractivity contribution is 7.98. The molecule has 0 N–H and O–H groups in total. The van der Waals surface area contributed by atoms with Gasteiger partial charge in [-0.15, -0.1) is 0 Å². The Kier molecular flexibility index (Phi) is 33.4. The molecule has 766 valence electrons. The molecule has 8 saturated carbocycles. The van der Waals surface area contributed by atoms with Crippen molar-refractivity contribution in [2.75, 3.05) is 69.0 Å². The molecule has 6 saturated heterocycles. The van der Waals surface area contributed by atoms with E-state index in [9.17, 15) is 28.8 Å². The van der Waals surface area contributed by atoms with Crippen molar-refractivity contribution in [3.05, 3.63) is 314 Å². The molecule has 0 radical (unpaired) electrons. The van der Waals surface area contributed by atoms with Gasteiger partial charge in [0.1, 0.15) is 104 Å². The third-order valence-corrected chi connectivity index (χ3v) is 48.0. The fraction of sp³-hybridized carbons (Fsp3) is 0.374. The van der Waals surface area contributed by atoms with Crippen molar-refractivity contribution in [2.24, 2.45) is 46.3 Å². The van der Waals surface area contributed by atoms with E-state index in [1.54, 1.807) is 38.1 Å². The number of carbonyl (C=O) groups excluding carboxylic acids is 6. The molecule has 12 nitrogen and oxygen atoms in total. The molecule has 8 aliphatic carbocycles. The molecule has 14 fully saturated rings. The van der Waals surface area contributed by atoms with Crippen LogP contribution in [0.25, 0.3) is 64.6 Å². The molecule has 18 heteroatoms. The molecule has 6 heterocycles. The van der Waals surface area contributed by atoms with E-state index in [0.29, 0.717) is 111 Å². The van der Waals surface area contributed by atoms with Crippen LogP contribution in [0.1, 0.15) is 208 Å². The van der Waals surface area contributed by atoms with Gasteiger partial charge in [0, 0.05) is 141 Å². The molecule has 0 unspecified atom stereocenters. The average molecular weight is 2100 g/mol. The summed E-state index contributed by atoms with van der Waals surface area (Å²) in [6, 6.07) is 93.5. The minimum atomic E-state index is -0.365. The molecule has 8 bridgehead atoms. The van der Waals surface area contributed by atoms with Gasteiger partial charge in [-0.3, -0.25) is 9.59 Å². The van der Waals surface area contributed by atoms with Crippen LogP contribution in [0, 0.1) is 46.3 Å². The number of esters is 6. The number of fused-ring (bicyclic) bond motifs is 6. The van der Waals surface area contributed by atoms with Gasteiger partial charge >= 0.3 is 35.8 Å². The molecule has 14 aromatic carbocycles. The summed E-state index contributed by atoms with van der Waals surface area (Å²) in [7, 11) is 2.05. The molecule has 6 aliphatic heterocycles. The first-order chi connectivity index (χ1) is 72.9. The Bertz CT molecular complexity index is 7170.